The topological polar surface area (TPSA) is 121 Å². The standard InChI is InChI=1S/C12H10FN3O5/c13-10-4-8(16(18)19)1-2-11(10)21-6-9-3-7(5-20-9)12(17)15-14/h1-5H,6,14H2,(H,15,17). The monoisotopic (exact) mass is 295 g/mol. The number of nitro groups is 1. The van der Waals surface area contributed by atoms with E-state index in [9.17, 15) is 19.3 Å². The number of rotatable bonds is 5. The molecule has 1 heterocycles. The average Bonchev–Trinajstić information content (AvgIpc) is 2.93. The number of benzene rings is 1. The van der Waals surface area contributed by atoms with E-state index in [1.165, 1.54) is 12.3 Å². The number of amides is 1. The fraction of sp³-hybridized carbons (Fsp3) is 0.0833. The molecule has 8 nitrogen and oxygen atoms in total. The number of nitrogen functional groups attached to an aromatic ring is 1. The van der Waals surface area contributed by atoms with Gasteiger partial charge in [-0.25, -0.2) is 10.2 Å². The third-order valence-corrected chi connectivity index (χ3v) is 2.54. The van der Waals surface area contributed by atoms with E-state index in [1.807, 2.05) is 5.43 Å². The molecular formula is C12H10FN3O5. The largest absolute Gasteiger partial charge is 0.483 e. The van der Waals surface area contributed by atoms with E-state index in [0.29, 0.717) is 0 Å². The molecule has 0 spiro atoms. The van der Waals surface area contributed by atoms with Crippen LogP contribution in [-0.4, -0.2) is 10.8 Å². The summed E-state index contributed by atoms with van der Waals surface area (Å²) in [6, 6.07) is 4.40. The smallest absolute Gasteiger partial charge is 0.272 e. The van der Waals surface area contributed by atoms with Gasteiger partial charge in [-0.15, -0.1) is 0 Å². The fourth-order valence-electron chi connectivity index (χ4n) is 1.53. The molecule has 0 radical (unpaired) electrons. The van der Waals surface area contributed by atoms with Crippen LogP contribution in [0.15, 0.2) is 34.9 Å². The van der Waals surface area contributed by atoms with Gasteiger partial charge in [0.2, 0.25) is 0 Å². The molecule has 0 aliphatic carbocycles. The zero-order valence-corrected chi connectivity index (χ0v) is 10.5. The van der Waals surface area contributed by atoms with Crippen molar-refractivity contribution in [3.8, 4) is 5.75 Å². The van der Waals surface area contributed by atoms with Gasteiger partial charge in [-0.05, 0) is 12.1 Å². The maximum absolute atomic E-state index is 13.6. The molecule has 9 heteroatoms. The van der Waals surface area contributed by atoms with Crippen LogP contribution in [0, 0.1) is 15.9 Å². The Bertz CT molecular complexity index is 685. The highest BCUT2D eigenvalue weighted by atomic mass is 19.1. The molecule has 1 amide bonds. The van der Waals surface area contributed by atoms with E-state index in [4.69, 9.17) is 15.0 Å². The van der Waals surface area contributed by atoms with Crippen LogP contribution in [0.3, 0.4) is 0 Å². The lowest BCUT2D eigenvalue weighted by atomic mass is 10.3. The Morgan fingerprint density at radius 3 is 2.86 bits per heavy atom. The van der Waals surface area contributed by atoms with Gasteiger partial charge in [0.25, 0.3) is 11.6 Å². The number of carbonyl (C=O) groups is 1. The van der Waals surface area contributed by atoms with Crippen molar-refractivity contribution in [2.75, 3.05) is 0 Å². The number of furan rings is 1. The molecule has 0 aliphatic heterocycles. The lowest BCUT2D eigenvalue weighted by Crippen LogP contribution is -2.29. The summed E-state index contributed by atoms with van der Waals surface area (Å²) in [7, 11) is 0. The maximum atomic E-state index is 13.6. The van der Waals surface area contributed by atoms with E-state index >= 15 is 0 Å². The highest BCUT2D eigenvalue weighted by molar-refractivity contribution is 5.93. The predicted molar refractivity (Wildman–Crippen MR) is 67.7 cm³/mol. The number of hydrazine groups is 1. The second-order valence-electron chi connectivity index (χ2n) is 3.94. The average molecular weight is 295 g/mol. The second kappa shape index (κ2) is 6.01. The Hall–Kier alpha value is -2.94. The quantitative estimate of drug-likeness (QED) is 0.373. The fourth-order valence-corrected chi connectivity index (χ4v) is 1.53. The second-order valence-corrected chi connectivity index (χ2v) is 3.94. The predicted octanol–water partition coefficient (Wildman–Crippen LogP) is 1.51. The van der Waals surface area contributed by atoms with Crippen molar-refractivity contribution in [3.63, 3.8) is 0 Å². The van der Waals surface area contributed by atoms with Crippen LogP contribution in [0.5, 0.6) is 5.75 Å². The number of nitrogens with one attached hydrogen (secondary N) is 1. The molecule has 2 aromatic rings. The van der Waals surface area contributed by atoms with Gasteiger partial charge in [0.05, 0.1) is 16.6 Å². The van der Waals surface area contributed by atoms with Crippen molar-refractivity contribution < 1.29 is 23.3 Å². The Morgan fingerprint density at radius 1 is 1.48 bits per heavy atom. The molecule has 0 saturated carbocycles. The van der Waals surface area contributed by atoms with Crippen LogP contribution < -0.4 is 16.0 Å². The summed E-state index contributed by atoms with van der Waals surface area (Å²) >= 11 is 0. The Balaban J connectivity index is 2.04. The molecule has 1 aromatic carbocycles. The summed E-state index contributed by atoms with van der Waals surface area (Å²) in [6.45, 7) is -0.146. The lowest BCUT2D eigenvalue weighted by Gasteiger charge is -2.04. The number of carbonyl (C=O) groups excluding carboxylic acids is 1. The van der Waals surface area contributed by atoms with Crippen molar-refractivity contribution in [2.45, 2.75) is 6.61 Å². The van der Waals surface area contributed by atoms with Gasteiger partial charge in [0.15, 0.2) is 11.6 Å². The summed E-state index contributed by atoms with van der Waals surface area (Å²) in [5.74, 6) is 3.66. The molecule has 3 N–H and O–H groups in total. The third-order valence-electron chi connectivity index (χ3n) is 2.54. The third kappa shape index (κ3) is 3.34. The van der Waals surface area contributed by atoms with Crippen molar-refractivity contribution in [1.82, 2.24) is 5.43 Å². The zero-order valence-electron chi connectivity index (χ0n) is 10.5. The van der Waals surface area contributed by atoms with Crippen LogP contribution in [0.1, 0.15) is 16.1 Å². The first-order chi connectivity index (χ1) is 10.0. The zero-order chi connectivity index (χ0) is 15.4. The van der Waals surface area contributed by atoms with Crippen molar-refractivity contribution in [2.24, 2.45) is 5.84 Å². The summed E-state index contributed by atoms with van der Waals surface area (Å²) < 4.78 is 23.7. The van der Waals surface area contributed by atoms with Crippen LogP contribution in [0.25, 0.3) is 0 Å². The Labute approximate surface area is 117 Å². The van der Waals surface area contributed by atoms with Crippen LogP contribution in [-0.2, 0) is 6.61 Å². The number of hydrogen-bond acceptors (Lipinski definition) is 6. The number of hydrogen-bond donors (Lipinski definition) is 2. The number of non-ortho nitro benzene ring substituents is 1. The Kier molecular flexibility index (Phi) is 4.14. The Morgan fingerprint density at radius 2 is 2.24 bits per heavy atom. The number of nitrogens with zero attached hydrogens (tertiary/aromatic N) is 1. The van der Waals surface area contributed by atoms with Gasteiger partial charge in [0.1, 0.15) is 18.6 Å². The number of nitro benzene ring substituents is 1. The minimum atomic E-state index is -0.865. The van der Waals surface area contributed by atoms with Crippen LogP contribution in [0.4, 0.5) is 10.1 Å². The lowest BCUT2D eigenvalue weighted by molar-refractivity contribution is -0.385. The minimum absolute atomic E-state index is 0.146. The minimum Gasteiger partial charge on any atom is -0.483 e. The first-order valence-electron chi connectivity index (χ1n) is 5.66. The van der Waals surface area contributed by atoms with E-state index in [-0.39, 0.29) is 29.4 Å². The summed E-state index contributed by atoms with van der Waals surface area (Å²) in [5, 5.41) is 10.5. The van der Waals surface area contributed by atoms with Gasteiger partial charge in [-0.1, -0.05) is 0 Å². The summed E-state index contributed by atoms with van der Waals surface area (Å²) in [5.41, 5.74) is 1.75. The van der Waals surface area contributed by atoms with Gasteiger partial charge in [-0.2, -0.15) is 0 Å². The van der Waals surface area contributed by atoms with Gasteiger partial charge < -0.3 is 9.15 Å². The molecule has 0 unspecified atom stereocenters. The maximum Gasteiger partial charge on any atom is 0.272 e. The number of nitrogens with two attached hydrogens (primary N) is 1. The molecule has 0 fully saturated rings. The van der Waals surface area contributed by atoms with Gasteiger partial charge in [-0.3, -0.25) is 20.3 Å². The molecular weight excluding hydrogens is 285 g/mol. The highest BCUT2D eigenvalue weighted by Crippen LogP contribution is 2.23. The van der Waals surface area contributed by atoms with Crippen LogP contribution in [0.2, 0.25) is 0 Å². The highest BCUT2D eigenvalue weighted by Gasteiger charge is 2.13. The molecule has 1 aromatic heterocycles. The van der Waals surface area contributed by atoms with E-state index in [1.54, 1.807) is 0 Å². The molecule has 0 bridgehead atoms. The molecule has 0 saturated heterocycles. The number of ether oxygens (including phenoxy) is 1. The van der Waals surface area contributed by atoms with E-state index < -0.39 is 16.6 Å². The molecule has 0 atom stereocenters. The first-order valence-corrected chi connectivity index (χ1v) is 5.66. The molecule has 0 aliphatic rings. The first kappa shape index (κ1) is 14.5. The summed E-state index contributed by atoms with van der Waals surface area (Å²) in [6.07, 6.45) is 1.17. The van der Waals surface area contributed by atoms with Crippen molar-refractivity contribution >= 4 is 11.6 Å². The number of halogens is 1. The van der Waals surface area contributed by atoms with Crippen molar-refractivity contribution in [3.05, 3.63) is 57.8 Å². The van der Waals surface area contributed by atoms with Gasteiger partial charge >= 0.3 is 0 Å². The van der Waals surface area contributed by atoms with Crippen molar-refractivity contribution in [1.29, 1.82) is 0 Å². The SMILES string of the molecule is NNC(=O)c1coc(COc2ccc([N+](=O)[O-])cc2F)c1. The molecule has 2 rings (SSSR count). The molecule has 110 valence electrons. The van der Waals surface area contributed by atoms with E-state index in [2.05, 4.69) is 0 Å². The normalized spacial score (nSPS) is 10.2. The molecule has 21 heavy (non-hydrogen) atoms. The van der Waals surface area contributed by atoms with Gasteiger partial charge in [0, 0.05) is 6.07 Å². The summed E-state index contributed by atoms with van der Waals surface area (Å²) in [4.78, 5) is 21.0. The van der Waals surface area contributed by atoms with E-state index in [0.717, 1.165) is 18.2 Å². The van der Waals surface area contributed by atoms with Crippen LogP contribution >= 0.6 is 0 Å².